The van der Waals surface area contributed by atoms with Crippen LogP contribution in [0.5, 0.6) is 5.75 Å². The van der Waals surface area contributed by atoms with Crippen molar-refractivity contribution in [2.75, 3.05) is 26.7 Å². The van der Waals surface area contributed by atoms with Gasteiger partial charge in [-0.25, -0.2) is 0 Å². The second kappa shape index (κ2) is 9.09. The highest BCUT2D eigenvalue weighted by molar-refractivity contribution is 6.31. The number of ether oxygens (including phenoxy) is 1. The van der Waals surface area contributed by atoms with Gasteiger partial charge in [0, 0.05) is 30.2 Å². The quantitative estimate of drug-likeness (QED) is 0.882. The van der Waals surface area contributed by atoms with Crippen molar-refractivity contribution in [3.8, 4) is 5.75 Å². The van der Waals surface area contributed by atoms with Crippen LogP contribution >= 0.6 is 24.0 Å². The minimum atomic E-state index is -0.0371. The average Bonchev–Trinajstić information content (AvgIpc) is 2.63. The van der Waals surface area contributed by atoms with Crippen molar-refractivity contribution in [2.24, 2.45) is 0 Å². The fraction of sp³-hybridized carbons (Fsp3) is 0.316. The Hall–Kier alpha value is -1.75. The number of benzene rings is 2. The molecular formula is C19H22Cl2N2O2. The molecule has 1 unspecified atom stereocenters. The molecule has 1 heterocycles. The summed E-state index contributed by atoms with van der Waals surface area (Å²) in [6, 6.07) is 15.3. The summed E-state index contributed by atoms with van der Waals surface area (Å²) in [7, 11) is 1.66. The lowest BCUT2D eigenvalue weighted by atomic mass is 10.0. The summed E-state index contributed by atoms with van der Waals surface area (Å²) in [6.45, 7) is 2.18. The van der Waals surface area contributed by atoms with Gasteiger partial charge in [-0.2, -0.15) is 0 Å². The zero-order chi connectivity index (χ0) is 16.9. The van der Waals surface area contributed by atoms with Gasteiger partial charge < -0.3 is 15.0 Å². The molecule has 1 aliphatic heterocycles. The normalized spacial score (nSPS) is 16.9. The Balaban J connectivity index is 0.00000225. The summed E-state index contributed by atoms with van der Waals surface area (Å²) in [4.78, 5) is 14.8. The second-order valence-electron chi connectivity index (χ2n) is 5.82. The Morgan fingerprint density at radius 2 is 1.96 bits per heavy atom. The summed E-state index contributed by atoms with van der Waals surface area (Å²) >= 11 is 6.21. The number of carbonyl (C=O) groups excluding carboxylic acids is 1. The number of carbonyl (C=O) groups is 1. The van der Waals surface area contributed by atoms with Crippen LogP contribution in [0.25, 0.3) is 0 Å². The Kier molecular flexibility index (Phi) is 7.12. The van der Waals surface area contributed by atoms with Crippen molar-refractivity contribution < 1.29 is 9.53 Å². The number of hydrogen-bond donors (Lipinski definition) is 1. The highest BCUT2D eigenvalue weighted by Crippen LogP contribution is 2.30. The molecule has 0 saturated carbocycles. The number of piperazine rings is 1. The highest BCUT2D eigenvalue weighted by Gasteiger charge is 2.29. The van der Waals surface area contributed by atoms with Crippen LogP contribution in [0.15, 0.2) is 48.5 Å². The average molecular weight is 381 g/mol. The lowest BCUT2D eigenvalue weighted by Crippen LogP contribution is -2.49. The molecular weight excluding hydrogens is 359 g/mol. The molecule has 0 aliphatic carbocycles. The van der Waals surface area contributed by atoms with E-state index in [2.05, 4.69) is 5.32 Å². The van der Waals surface area contributed by atoms with E-state index in [1.54, 1.807) is 7.11 Å². The van der Waals surface area contributed by atoms with E-state index >= 15 is 0 Å². The van der Waals surface area contributed by atoms with Crippen molar-refractivity contribution in [1.82, 2.24) is 10.2 Å². The van der Waals surface area contributed by atoms with E-state index in [0.717, 1.165) is 23.4 Å². The molecule has 0 bridgehead atoms. The van der Waals surface area contributed by atoms with Gasteiger partial charge in [0.15, 0.2) is 0 Å². The molecule has 2 aromatic carbocycles. The van der Waals surface area contributed by atoms with Crippen LogP contribution in [0.4, 0.5) is 0 Å². The van der Waals surface area contributed by atoms with Crippen molar-refractivity contribution in [3.05, 3.63) is 64.7 Å². The molecule has 3 rings (SSSR count). The summed E-state index contributed by atoms with van der Waals surface area (Å²) in [5.41, 5.74) is 1.89. The standard InChI is InChI=1S/C19H21ClN2O2.ClH/c1-24-18-9-5-3-7-15(18)17-13-21-10-11-22(17)19(23)12-14-6-2-4-8-16(14)20;/h2-9,17,21H,10-13H2,1H3;1H. The number of methoxy groups -OCH3 is 1. The Bertz CT molecular complexity index is 724. The van der Waals surface area contributed by atoms with Gasteiger partial charge in [-0.3, -0.25) is 4.79 Å². The van der Waals surface area contributed by atoms with E-state index in [1.165, 1.54) is 0 Å². The predicted molar refractivity (Wildman–Crippen MR) is 103 cm³/mol. The van der Waals surface area contributed by atoms with Crippen LogP contribution in [0.1, 0.15) is 17.2 Å². The Morgan fingerprint density at radius 3 is 2.72 bits per heavy atom. The van der Waals surface area contributed by atoms with Crippen LogP contribution in [-0.2, 0) is 11.2 Å². The lowest BCUT2D eigenvalue weighted by Gasteiger charge is -2.37. The maximum absolute atomic E-state index is 12.9. The summed E-state index contributed by atoms with van der Waals surface area (Å²) in [5, 5.41) is 4.00. The molecule has 1 atom stereocenters. The van der Waals surface area contributed by atoms with E-state index in [-0.39, 0.29) is 24.4 Å². The van der Waals surface area contributed by atoms with Gasteiger partial charge in [0.25, 0.3) is 0 Å². The molecule has 2 aromatic rings. The third kappa shape index (κ3) is 4.46. The molecule has 6 heteroatoms. The largest absolute Gasteiger partial charge is 0.496 e. The maximum atomic E-state index is 12.9. The number of hydrogen-bond acceptors (Lipinski definition) is 3. The summed E-state index contributed by atoms with van der Waals surface area (Å²) in [6.07, 6.45) is 0.311. The van der Waals surface area contributed by atoms with E-state index in [4.69, 9.17) is 16.3 Å². The zero-order valence-corrected chi connectivity index (χ0v) is 15.6. The summed E-state index contributed by atoms with van der Waals surface area (Å²) < 4.78 is 5.48. The molecule has 1 N–H and O–H groups in total. The highest BCUT2D eigenvalue weighted by atomic mass is 35.5. The zero-order valence-electron chi connectivity index (χ0n) is 14.1. The third-order valence-corrected chi connectivity index (χ3v) is 4.73. The second-order valence-corrected chi connectivity index (χ2v) is 6.22. The molecule has 1 saturated heterocycles. The molecule has 25 heavy (non-hydrogen) atoms. The van der Waals surface area contributed by atoms with Gasteiger partial charge in [0.1, 0.15) is 5.75 Å². The molecule has 1 aliphatic rings. The Labute approximate surface area is 159 Å². The monoisotopic (exact) mass is 380 g/mol. The number of rotatable bonds is 4. The van der Waals surface area contributed by atoms with Gasteiger partial charge in [-0.15, -0.1) is 12.4 Å². The number of para-hydroxylation sites is 1. The van der Waals surface area contributed by atoms with Gasteiger partial charge in [0.05, 0.1) is 19.6 Å². The van der Waals surface area contributed by atoms with Crippen LogP contribution in [0.3, 0.4) is 0 Å². The first kappa shape index (κ1) is 19.6. The SMILES string of the molecule is COc1ccccc1C1CNCCN1C(=O)Cc1ccccc1Cl.Cl. The molecule has 1 fully saturated rings. The lowest BCUT2D eigenvalue weighted by molar-refractivity contribution is -0.133. The summed E-state index contributed by atoms with van der Waals surface area (Å²) in [5.74, 6) is 0.891. The van der Waals surface area contributed by atoms with Crippen molar-refractivity contribution >= 4 is 29.9 Å². The van der Waals surface area contributed by atoms with Crippen molar-refractivity contribution in [3.63, 3.8) is 0 Å². The van der Waals surface area contributed by atoms with E-state index in [0.29, 0.717) is 24.5 Å². The predicted octanol–water partition coefficient (Wildman–Crippen LogP) is 3.49. The fourth-order valence-corrected chi connectivity index (χ4v) is 3.33. The van der Waals surface area contributed by atoms with E-state index in [9.17, 15) is 4.79 Å². The number of nitrogens with zero attached hydrogens (tertiary/aromatic N) is 1. The van der Waals surface area contributed by atoms with E-state index in [1.807, 2.05) is 53.4 Å². The minimum absolute atomic E-state index is 0. The molecule has 134 valence electrons. The minimum Gasteiger partial charge on any atom is -0.496 e. The first-order valence-corrected chi connectivity index (χ1v) is 8.45. The number of amides is 1. The smallest absolute Gasteiger partial charge is 0.227 e. The van der Waals surface area contributed by atoms with E-state index < -0.39 is 0 Å². The Morgan fingerprint density at radius 1 is 1.24 bits per heavy atom. The van der Waals surface area contributed by atoms with Crippen LogP contribution in [0.2, 0.25) is 5.02 Å². The van der Waals surface area contributed by atoms with Gasteiger partial charge in [-0.05, 0) is 17.7 Å². The van der Waals surface area contributed by atoms with Crippen LogP contribution in [0, 0.1) is 0 Å². The topological polar surface area (TPSA) is 41.6 Å². The number of halogens is 2. The van der Waals surface area contributed by atoms with Gasteiger partial charge in [-0.1, -0.05) is 48.0 Å². The molecule has 0 radical (unpaired) electrons. The molecule has 1 amide bonds. The maximum Gasteiger partial charge on any atom is 0.227 e. The van der Waals surface area contributed by atoms with Gasteiger partial charge in [0.2, 0.25) is 5.91 Å². The molecule has 0 spiro atoms. The first-order valence-electron chi connectivity index (χ1n) is 8.07. The van der Waals surface area contributed by atoms with Gasteiger partial charge >= 0.3 is 0 Å². The van der Waals surface area contributed by atoms with Crippen LogP contribution in [-0.4, -0.2) is 37.6 Å². The number of nitrogens with one attached hydrogen (secondary N) is 1. The van der Waals surface area contributed by atoms with Crippen molar-refractivity contribution in [1.29, 1.82) is 0 Å². The third-order valence-electron chi connectivity index (χ3n) is 4.36. The van der Waals surface area contributed by atoms with Crippen LogP contribution < -0.4 is 10.1 Å². The molecule has 0 aromatic heterocycles. The molecule has 4 nitrogen and oxygen atoms in total. The first-order chi connectivity index (χ1) is 11.7. The fourth-order valence-electron chi connectivity index (χ4n) is 3.13. The van der Waals surface area contributed by atoms with Crippen molar-refractivity contribution in [2.45, 2.75) is 12.5 Å².